The highest BCUT2D eigenvalue weighted by Crippen LogP contribution is 2.33. The van der Waals surface area contributed by atoms with Gasteiger partial charge in [0.05, 0.1) is 17.2 Å². The molecule has 2 heterocycles. The molecule has 0 fully saturated rings. The number of anilines is 1. The molecule has 3 N–H and O–H groups in total. The van der Waals surface area contributed by atoms with Gasteiger partial charge in [0.25, 0.3) is 5.91 Å². The maximum atomic E-state index is 13.0. The third-order valence-electron chi connectivity index (χ3n) is 3.93. The highest BCUT2D eigenvalue weighted by Gasteiger charge is 2.35. The highest BCUT2D eigenvalue weighted by molar-refractivity contribution is 6.06. The van der Waals surface area contributed by atoms with Crippen molar-refractivity contribution in [1.29, 1.82) is 0 Å². The number of amides is 3. The lowest BCUT2D eigenvalue weighted by Crippen LogP contribution is -2.46. The third kappa shape index (κ3) is 3.94. The maximum absolute atomic E-state index is 13.0. The van der Waals surface area contributed by atoms with Gasteiger partial charge in [0, 0.05) is 11.8 Å². The normalized spacial score (nSPS) is 17.4. The second kappa shape index (κ2) is 6.78. The predicted molar refractivity (Wildman–Crippen MR) is 88.4 cm³/mol. The van der Waals surface area contributed by atoms with E-state index in [1.54, 1.807) is 6.92 Å². The summed E-state index contributed by atoms with van der Waals surface area (Å²) < 4.78 is 43.9. The number of nitrogens with one attached hydrogen (secondary N) is 3. The minimum atomic E-state index is -4.55. The molecule has 1 aliphatic heterocycles. The van der Waals surface area contributed by atoms with Gasteiger partial charge in [-0.05, 0) is 31.5 Å². The second-order valence-corrected chi connectivity index (χ2v) is 5.97. The molecule has 0 saturated heterocycles. The van der Waals surface area contributed by atoms with Crippen LogP contribution in [-0.4, -0.2) is 17.1 Å². The molecule has 1 aliphatic rings. The SMILES string of the molecule is CC1=C(C(=O)Nc2cc(C)on2)[C@H](c2cccc(C(F)(F)F)c2)NC(=O)N1. The van der Waals surface area contributed by atoms with E-state index in [4.69, 9.17) is 4.52 Å². The Morgan fingerprint density at radius 2 is 2.00 bits per heavy atom. The molecule has 0 bridgehead atoms. The van der Waals surface area contributed by atoms with Crippen LogP contribution in [0.3, 0.4) is 0 Å². The zero-order chi connectivity index (χ0) is 19.8. The summed E-state index contributed by atoms with van der Waals surface area (Å²) in [5, 5.41) is 11.1. The Labute approximate surface area is 151 Å². The molecule has 3 amide bonds. The van der Waals surface area contributed by atoms with Crippen molar-refractivity contribution in [2.24, 2.45) is 0 Å². The maximum Gasteiger partial charge on any atom is 0.416 e. The fraction of sp³-hybridized carbons (Fsp3) is 0.235. The highest BCUT2D eigenvalue weighted by atomic mass is 19.4. The number of hydrogen-bond donors (Lipinski definition) is 3. The van der Waals surface area contributed by atoms with Gasteiger partial charge < -0.3 is 20.5 Å². The second-order valence-electron chi connectivity index (χ2n) is 5.97. The summed E-state index contributed by atoms with van der Waals surface area (Å²) in [6.45, 7) is 3.13. The van der Waals surface area contributed by atoms with E-state index in [9.17, 15) is 22.8 Å². The number of benzene rings is 1. The molecule has 1 aromatic carbocycles. The number of carbonyl (C=O) groups is 2. The van der Waals surface area contributed by atoms with Crippen LogP contribution in [0.4, 0.5) is 23.8 Å². The summed E-state index contributed by atoms with van der Waals surface area (Å²) >= 11 is 0. The number of aryl methyl sites for hydroxylation is 1. The number of urea groups is 1. The zero-order valence-electron chi connectivity index (χ0n) is 14.3. The van der Waals surface area contributed by atoms with Crippen LogP contribution < -0.4 is 16.0 Å². The van der Waals surface area contributed by atoms with Crippen molar-refractivity contribution in [2.45, 2.75) is 26.1 Å². The molecule has 142 valence electrons. The Kier molecular flexibility index (Phi) is 4.64. The Bertz CT molecular complexity index is 934. The summed E-state index contributed by atoms with van der Waals surface area (Å²) in [5.74, 6) is -0.00583. The van der Waals surface area contributed by atoms with E-state index in [-0.39, 0.29) is 22.7 Å². The number of carbonyl (C=O) groups excluding carboxylic acids is 2. The van der Waals surface area contributed by atoms with Crippen LogP contribution in [0.15, 0.2) is 46.1 Å². The lowest BCUT2D eigenvalue weighted by molar-refractivity contribution is -0.137. The molecule has 0 saturated carbocycles. The van der Waals surface area contributed by atoms with Gasteiger partial charge in [-0.2, -0.15) is 13.2 Å². The Balaban J connectivity index is 1.98. The molecule has 0 radical (unpaired) electrons. The molecule has 0 unspecified atom stereocenters. The van der Waals surface area contributed by atoms with Crippen LogP contribution in [0.1, 0.15) is 29.9 Å². The van der Waals surface area contributed by atoms with Gasteiger partial charge in [-0.3, -0.25) is 4.79 Å². The smallest absolute Gasteiger partial charge is 0.360 e. The lowest BCUT2D eigenvalue weighted by atomic mass is 9.93. The number of alkyl halides is 3. The molecular formula is C17H15F3N4O3. The van der Waals surface area contributed by atoms with Crippen molar-refractivity contribution >= 4 is 17.8 Å². The Morgan fingerprint density at radius 1 is 1.26 bits per heavy atom. The summed E-state index contributed by atoms with van der Waals surface area (Å²) in [5.41, 5.74) is -0.466. The van der Waals surface area contributed by atoms with E-state index in [1.807, 2.05) is 0 Å². The number of aromatic nitrogens is 1. The summed E-state index contributed by atoms with van der Waals surface area (Å²) in [4.78, 5) is 24.5. The minimum absolute atomic E-state index is 0.0644. The standard InChI is InChI=1S/C17H15F3N4O3/c1-8-6-12(24-27-8)22-15(25)13-9(2)21-16(26)23-14(13)10-4-3-5-11(7-10)17(18,19)20/h3-7,14H,1-2H3,(H2,21,23,26)(H,22,24,25)/t14-/m0/s1. The fourth-order valence-corrected chi connectivity index (χ4v) is 2.75. The summed E-state index contributed by atoms with van der Waals surface area (Å²) in [6.07, 6.45) is -4.55. The van der Waals surface area contributed by atoms with Crippen LogP contribution >= 0.6 is 0 Å². The topological polar surface area (TPSA) is 96.3 Å². The Morgan fingerprint density at radius 3 is 2.63 bits per heavy atom. The van der Waals surface area contributed by atoms with Crippen molar-refractivity contribution < 1.29 is 27.3 Å². The van der Waals surface area contributed by atoms with Crippen LogP contribution in [0.2, 0.25) is 0 Å². The molecule has 1 atom stereocenters. The number of nitrogens with zero attached hydrogens (tertiary/aromatic N) is 1. The van der Waals surface area contributed by atoms with Crippen molar-refractivity contribution in [3.8, 4) is 0 Å². The molecule has 10 heteroatoms. The van der Waals surface area contributed by atoms with Gasteiger partial charge in [0.1, 0.15) is 5.76 Å². The first kappa shape index (κ1) is 18.5. The first-order valence-corrected chi connectivity index (χ1v) is 7.85. The van der Waals surface area contributed by atoms with Crippen LogP contribution in [-0.2, 0) is 11.0 Å². The molecule has 1 aromatic heterocycles. The molecular weight excluding hydrogens is 365 g/mol. The van der Waals surface area contributed by atoms with Crippen molar-refractivity contribution in [1.82, 2.24) is 15.8 Å². The van der Waals surface area contributed by atoms with E-state index in [2.05, 4.69) is 21.1 Å². The van der Waals surface area contributed by atoms with Gasteiger partial charge in [-0.25, -0.2) is 4.79 Å². The van der Waals surface area contributed by atoms with Gasteiger partial charge in [0.15, 0.2) is 5.82 Å². The van der Waals surface area contributed by atoms with Crippen LogP contribution in [0, 0.1) is 6.92 Å². The fourth-order valence-electron chi connectivity index (χ4n) is 2.75. The molecule has 0 aliphatic carbocycles. The number of halogens is 3. The van der Waals surface area contributed by atoms with E-state index in [1.165, 1.54) is 25.1 Å². The largest absolute Gasteiger partial charge is 0.416 e. The first-order chi connectivity index (χ1) is 12.6. The van der Waals surface area contributed by atoms with Crippen LogP contribution in [0.5, 0.6) is 0 Å². The molecule has 0 spiro atoms. The molecule has 2 aromatic rings. The van der Waals surface area contributed by atoms with E-state index in [0.29, 0.717) is 5.76 Å². The van der Waals surface area contributed by atoms with Gasteiger partial charge >= 0.3 is 12.2 Å². The average molecular weight is 380 g/mol. The van der Waals surface area contributed by atoms with Gasteiger partial charge in [0.2, 0.25) is 0 Å². The third-order valence-corrected chi connectivity index (χ3v) is 3.93. The van der Waals surface area contributed by atoms with Crippen molar-refractivity contribution in [2.75, 3.05) is 5.32 Å². The average Bonchev–Trinajstić information content (AvgIpc) is 2.98. The number of allylic oxidation sites excluding steroid dienone is 1. The van der Waals surface area contributed by atoms with Crippen molar-refractivity contribution in [3.05, 3.63) is 58.5 Å². The quantitative estimate of drug-likeness (QED) is 0.762. The van der Waals surface area contributed by atoms with Crippen LogP contribution in [0.25, 0.3) is 0 Å². The predicted octanol–water partition coefficient (Wildman–Crippen LogP) is 3.27. The van der Waals surface area contributed by atoms with E-state index < -0.39 is 29.7 Å². The molecule has 27 heavy (non-hydrogen) atoms. The monoisotopic (exact) mass is 380 g/mol. The Hall–Kier alpha value is -3.30. The van der Waals surface area contributed by atoms with Gasteiger partial charge in [-0.1, -0.05) is 17.3 Å². The van der Waals surface area contributed by atoms with E-state index in [0.717, 1.165) is 12.1 Å². The molecule has 7 nitrogen and oxygen atoms in total. The molecule has 3 rings (SSSR count). The van der Waals surface area contributed by atoms with Crippen molar-refractivity contribution in [3.63, 3.8) is 0 Å². The summed E-state index contributed by atoms with van der Waals surface area (Å²) in [6, 6.07) is 4.25. The number of rotatable bonds is 3. The minimum Gasteiger partial charge on any atom is -0.360 e. The van der Waals surface area contributed by atoms with E-state index >= 15 is 0 Å². The summed E-state index contributed by atoms with van der Waals surface area (Å²) in [7, 11) is 0. The number of hydrogen-bond acceptors (Lipinski definition) is 4. The van der Waals surface area contributed by atoms with Gasteiger partial charge in [-0.15, -0.1) is 0 Å². The lowest BCUT2D eigenvalue weighted by Gasteiger charge is -2.28. The first-order valence-electron chi connectivity index (χ1n) is 7.85. The zero-order valence-corrected chi connectivity index (χ0v) is 14.3.